The van der Waals surface area contributed by atoms with Gasteiger partial charge in [0.25, 0.3) is 0 Å². The van der Waals surface area contributed by atoms with Crippen molar-refractivity contribution in [3.05, 3.63) is 85.1 Å². The minimum Gasteiger partial charge on any atom is -0.462 e. The number of ether oxygens (including phenoxy) is 2. The van der Waals surface area contributed by atoms with E-state index in [2.05, 4.69) is 98.9 Å². The summed E-state index contributed by atoms with van der Waals surface area (Å²) in [5.74, 6) is -0.811. The third-order valence-corrected chi connectivity index (χ3v) is 17.7. The highest BCUT2D eigenvalue weighted by Crippen LogP contribution is 2.43. The van der Waals surface area contributed by atoms with Crippen LogP contribution in [0.5, 0.6) is 0 Å². The zero-order valence-corrected chi connectivity index (χ0v) is 59.3. The van der Waals surface area contributed by atoms with Gasteiger partial charge < -0.3 is 20.1 Å². The van der Waals surface area contributed by atoms with E-state index >= 15 is 0 Å². The molecule has 0 spiro atoms. The smallest absolute Gasteiger partial charge is 0.462 e. The number of allylic oxidation sites excluding steroid dienone is 14. The van der Waals surface area contributed by atoms with Gasteiger partial charge in [-0.2, -0.15) is 0 Å². The Balaban J connectivity index is 3.81. The highest BCUT2D eigenvalue weighted by molar-refractivity contribution is 7.47. The maximum absolute atomic E-state index is 12.8. The number of hydrogen-bond donors (Lipinski definition) is 2. The van der Waals surface area contributed by atoms with E-state index in [1.165, 1.54) is 263 Å². The third kappa shape index (κ3) is 74.1. The number of carbonyl (C=O) groups excluding carboxylic acids is 2. The molecule has 0 aromatic rings. The first kappa shape index (κ1) is 86.2. The first-order chi connectivity index (χ1) is 43.8. The van der Waals surface area contributed by atoms with Crippen molar-refractivity contribution in [3.63, 3.8) is 0 Å². The van der Waals surface area contributed by atoms with Crippen molar-refractivity contribution >= 4 is 19.8 Å². The molecule has 0 bridgehead atoms. The Morgan fingerprint density at radius 3 is 0.933 bits per heavy atom. The highest BCUT2D eigenvalue weighted by Gasteiger charge is 2.26. The van der Waals surface area contributed by atoms with Gasteiger partial charge in [0.05, 0.1) is 13.2 Å². The molecule has 0 radical (unpaired) electrons. The quantitative estimate of drug-likeness (QED) is 0.0264. The molecule has 0 heterocycles. The summed E-state index contributed by atoms with van der Waals surface area (Å²) in [6.45, 7) is 3.69. The van der Waals surface area contributed by atoms with Crippen molar-refractivity contribution < 1.29 is 37.6 Å². The summed E-state index contributed by atoms with van der Waals surface area (Å²) >= 11 is 0. The topological polar surface area (TPSA) is 134 Å². The summed E-state index contributed by atoms with van der Waals surface area (Å²) in [7, 11) is -4.40. The summed E-state index contributed by atoms with van der Waals surface area (Å²) < 4.78 is 33.3. The van der Waals surface area contributed by atoms with Gasteiger partial charge in [-0.15, -0.1) is 0 Å². The van der Waals surface area contributed by atoms with Crippen molar-refractivity contribution in [2.24, 2.45) is 5.73 Å². The van der Waals surface area contributed by atoms with E-state index in [9.17, 15) is 19.0 Å². The molecule has 0 saturated heterocycles. The fourth-order valence-corrected chi connectivity index (χ4v) is 11.9. The van der Waals surface area contributed by atoms with Crippen LogP contribution in [0.4, 0.5) is 0 Å². The van der Waals surface area contributed by atoms with Gasteiger partial charge in [-0.3, -0.25) is 18.6 Å². The molecule has 0 saturated carbocycles. The number of phosphoric acid groups is 1. The molecule has 2 unspecified atom stereocenters. The number of esters is 2. The summed E-state index contributed by atoms with van der Waals surface area (Å²) in [4.78, 5) is 35.4. The number of rotatable bonds is 72. The summed E-state index contributed by atoms with van der Waals surface area (Å²) in [6, 6.07) is 0. The molecule has 0 aliphatic heterocycles. The Morgan fingerprint density at radius 2 is 0.618 bits per heavy atom. The molecule has 9 nitrogen and oxygen atoms in total. The van der Waals surface area contributed by atoms with E-state index in [1.54, 1.807) is 0 Å². The van der Waals surface area contributed by atoms with E-state index in [4.69, 9.17) is 24.3 Å². The predicted octanol–water partition coefficient (Wildman–Crippen LogP) is 25.3. The third-order valence-electron chi connectivity index (χ3n) is 16.8. The average molecular weight is 1270 g/mol. The molecule has 10 heteroatoms. The van der Waals surface area contributed by atoms with Gasteiger partial charge in [0, 0.05) is 19.4 Å². The Labute approximate surface area is 551 Å². The van der Waals surface area contributed by atoms with Crippen LogP contribution in [0.15, 0.2) is 85.1 Å². The second-order valence-electron chi connectivity index (χ2n) is 25.5. The second-order valence-corrected chi connectivity index (χ2v) is 26.9. The number of carbonyl (C=O) groups is 2. The van der Waals surface area contributed by atoms with E-state index < -0.39 is 26.5 Å². The van der Waals surface area contributed by atoms with Crippen LogP contribution in [0.2, 0.25) is 0 Å². The lowest BCUT2D eigenvalue weighted by molar-refractivity contribution is -0.161. The number of hydrogen-bond acceptors (Lipinski definition) is 8. The average Bonchev–Trinajstić information content (AvgIpc) is 3.66. The van der Waals surface area contributed by atoms with Gasteiger partial charge >= 0.3 is 19.8 Å². The molecule has 3 N–H and O–H groups in total. The normalized spacial score (nSPS) is 13.3. The van der Waals surface area contributed by atoms with Crippen LogP contribution in [0.3, 0.4) is 0 Å². The second kappa shape index (κ2) is 74.2. The molecule has 0 aliphatic rings. The van der Waals surface area contributed by atoms with Crippen molar-refractivity contribution in [1.82, 2.24) is 0 Å². The monoisotopic (exact) mass is 1270 g/mol. The Morgan fingerprint density at radius 1 is 0.348 bits per heavy atom. The first-order valence-electron chi connectivity index (χ1n) is 38.1. The molecule has 89 heavy (non-hydrogen) atoms. The largest absolute Gasteiger partial charge is 0.472 e. The number of unbranched alkanes of at least 4 members (excludes halogenated alkanes) is 45. The van der Waals surface area contributed by atoms with Crippen LogP contribution in [0.1, 0.15) is 373 Å². The Bertz CT molecular complexity index is 1740. The molecular weight excluding hydrogens is 1120 g/mol. The van der Waals surface area contributed by atoms with Crippen molar-refractivity contribution in [3.8, 4) is 0 Å². The first-order valence-corrected chi connectivity index (χ1v) is 39.6. The van der Waals surface area contributed by atoms with Crippen LogP contribution in [-0.2, 0) is 32.7 Å². The van der Waals surface area contributed by atoms with E-state index in [-0.39, 0.29) is 38.6 Å². The van der Waals surface area contributed by atoms with Gasteiger partial charge in [0.1, 0.15) is 6.61 Å². The lowest BCUT2D eigenvalue weighted by Gasteiger charge is -2.19. The molecule has 2 atom stereocenters. The fourth-order valence-electron chi connectivity index (χ4n) is 11.2. The molecule has 518 valence electrons. The van der Waals surface area contributed by atoms with Gasteiger partial charge in [-0.1, -0.05) is 356 Å². The summed E-state index contributed by atoms with van der Waals surface area (Å²) in [5, 5.41) is 0. The number of phosphoric ester groups is 1. The van der Waals surface area contributed by atoms with Gasteiger partial charge in [-0.05, 0) is 89.9 Å². The molecule has 0 aromatic heterocycles. The summed E-state index contributed by atoms with van der Waals surface area (Å²) in [6.07, 6.45) is 99.9. The van der Waals surface area contributed by atoms with Crippen LogP contribution in [0, 0.1) is 0 Å². The van der Waals surface area contributed by atoms with Crippen LogP contribution >= 0.6 is 7.82 Å². The zero-order chi connectivity index (χ0) is 64.4. The van der Waals surface area contributed by atoms with Gasteiger partial charge in [-0.25, -0.2) is 4.57 Å². The zero-order valence-electron chi connectivity index (χ0n) is 58.4. The molecule has 0 aromatic carbocycles. The lowest BCUT2D eigenvalue weighted by Crippen LogP contribution is -2.29. The molecule has 0 rings (SSSR count). The van der Waals surface area contributed by atoms with Gasteiger partial charge in [0.15, 0.2) is 6.10 Å². The SMILES string of the molecule is CC/C=C\C/C=C\C/C=C\C/C=C\C/C=C\C/C=C\CCCCCCCCCCCCCCCCCCC(=O)OC(COC(=O)CCCCCCCCCCCCCCCCCCCCCCC/C=C\CCCCCCCCCC)COP(=O)(O)OCCN. The minimum atomic E-state index is -4.40. The Kier molecular flexibility index (Phi) is 71.9. The van der Waals surface area contributed by atoms with Crippen LogP contribution in [-0.4, -0.2) is 49.3 Å². The maximum atomic E-state index is 12.8. The fraction of sp³-hybridized carbons (Fsp3) is 0.797. The molecule has 0 aliphatic carbocycles. The van der Waals surface area contributed by atoms with E-state index in [0.717, 1.165) is 77.0 Å². The van der Waals surface area contributed by atoms with E-state index in [0.29, 0.717) is 6.42 Å². The van der Waals surface area contributed by atoms with Crippen molar-refractivity contribution in [1.29, 1.82) is 0 Å². The minimum absolute atomic E-state index is 0.0532. The Hall–Kier alpha value is -2.81. The van der Waals surface area contributed by atoms with Crippen LogP contribution in [0.25, 0.3) is 0 Å². The lowest BCUT2D eigenvalue weighted by atomic mass is 10.0. The maximum Gasteiger partial charge on any atom is 0.472 e. The molecule has 0 fully saturated rings. The number of nitrogens with two attached hydrogens (primary N) is 1. The summed E-state index contributed by atoms with van der Waals surface area (Å²) in [5.41, 5.74) is 5.41. The van der Waals surface area contributed by atoms with Crippen LogP contribution < -0.4 is 5.73 Å². The van der Waals surface area contributed by atoms with Gasteiger partial charge in [0.2, 0.25) is 0 Å². The highest BCUT2D eigenvalue weighted by atomic mass is 31.2. The predicted molar refractivity (Wildman–Crippen MR) is 386 cm³/mol. The standard InChI is InChI=1S/C79H144NO8P/c1-3-5-7-9-11-13-15-17-19-21-23-25-27-29-31-33-35-37-38-40-42-44-46-48-50-52-54-56-58-60-62-64-66-68-70-72-79(82)88-77(76-87-89(83,84)86-74-73-80)75-85-78(81)71-69-67-65-63-61-59-57-55-53-51-49-47-45-43-41-39-36-34-32-30-28-26-24-22-20-18-16-14-12-10-8-6-4-2/h5,7,11,13,17,19,22-25,29,31,35,37,77H,3-4,6,8-10,12,14-16,18,20-21,26-28,30,32-34,36,38-76,80H2,1-2H3,(H,83,84)/b7-5-,13-11-,19-17-,24-22-,25-23-,31-29-,37-35-. The van der Waals surface area contributed by atoms with E-state index in [1.807, 2.05) is 0 Å². The molecule has 0 amide bonds. The van der Waals surface area contributed by atoms with Crippen molar-refractivity contribution in [2.45, 2.75) is 380 Å². The van der Waals surface area contributed by atoms with Crippen molar-refractivity contribution in [2.75, 3.05) is 26.4 Å². The molecular formula is C79H144NO8P.